The van der Waals surface area contributed by atoms with Crippen LogP contribution >= 0.6 is 27.7 Å². The number of aliphatic imine (C=N–C) groups is 1. The molecule has 4 rings (SSSR count). The summed E-state index contributed by atoms with van der Waals surface area (Å²) in [6, 6.07) is 21.1. The van der Waals surface area contributed by atoms with Crippen LogP contribution in [0.2, 0.25) is 0 Å². The van der Waals surface area contributed by atoms with Crippen molar-refractivity contribution in [1.29, 1.82) is 5.26 Å². The standard InChI is InChI=1S/C29H26BrN3O3S/c1-4-19-10-8-9-13-24(19)32-29-33(5-2)28(34)27(37-29)15-22-14-25(35-3)26(16-23(22)30)36-18-21-12-7-6-11-20(21)17-31/h6-16H,4-5,18H2,1-3H3/b27-15+,32-29?. The second kappa shape index (κ2) is 12.1. The van der Waals surface area contributed by atoms with E-state index in [-0.39, 0.29) is 12.5 Å². The number of benzene rings is 3. The number of amidine groups is 1. The van der Waals surface area contributed by atoms with Crippen molar-refractivity contribution in [3.8, 4) is 17.6 Å². The Morgan fingerprint density at radius 2 is 1.81 bits per heavy atom. The van der Waals surface area contributed by atoms with E-state index in [1.165, 1.54) is 11.8 Å². The number of ether oxygens (including phenoxy) is 2. The lowest BCUT2D eigenvalue weighted by atomic mass is 10.1. The minimum absolute atomic E-state index is 0.0838. The fraction of sp³-hybridized carbons (Fsp3) is 0.207. The molecular formula is C29H26BrN3O3S. The van der Waals surface area contributed by atoms with Crippen molar-refractivity contribution in [2.75, 3.05) is 13.7 Å². The molecule has 0 aromatic heterocycles. The Bertz CT molecular complexity index is 1430. The van der Waals surface area contributed by atoms with Gasteiger partial charge in [0.25, 0.3) is 5.91 Å². The number of para-hydroxylation sites is 1. The molecule has 0 aliphatic carbocycles. The Kier molecular flexibility index (Phi) is 8.70. The molecule has 3 aromatic rings. The molecular weight excluding hydrogens is 550 g/mol. The van der Waals surface area contributed by atoms with Crippen LogP contribution in [0.25, 0.3) is 6.08 Å². The highest BCUT2D eigenvalue weighted by atomic mass is 79.9. The zero-order chi connectivity index (χ0) is 26.4. The van der Waals surface area contributed by atoms with Crippen LogP contribution in [0, 0.1) is 11.3 Å². The van der Waals surface area contributed by atoms with Gasteiger partial charge in [-0.1, -0.05) is 59.3 Å². The van der Waals surface area contributed by atoms with Gasteiger partial charge in [0.15, 0.2) is 16.7 Å². The molecule has 0 unspecified atom stereocenters. The number of hydrogen-bond acceptors (Lipinski definition) is 6. The van der Waals surface area contributed by atoms with Gasteiger partial charge >= 0.3 is 0 Å². The molecule has 1 amide bonds. The van der Waals surface area contributed by atoms with E-state index in [0.717, 1.165) is 33.3 Å². The smallest absolute Gasteiger partial charge is 0.266 e. The van der Waals surface area contributed by atoms with Crippen LogP contribution in [-0.2, 0) is 17.8 Å². The third-order valence-corrected chi connectivity index (χ3v) is 7.58. The Hall–Kier alpha value is -3.54. The minimum atomic E-state index is -0.0838. The number of aryl methyl sites for hydroxylation is 1. The number of nitriles is 1. The molecule has 0 saturated carbocycles. The minimum Gasteiger partial charge on any atom is -0.493 e. The zero-order valence-electron chi connectivity index (χ0n) is 20.8. The number of halogens is 1. The molecule has 0 radical (unpaired) electrons. The number of likely N-dealkylation sites (N-methyl/N-ethyl adjacent to an activating group) is 1. The zero-order valence-corrected chi connectivity index (χ0v) is 23.2. The number of thioether (sulfide) groups is 1. The molecule has 1 fully saturated rings. The Morgan fingerprint density at radius 1 is 1.08 bits per heavy atom. The summed E-state index contributed by atoms with van der Waals surface area (Å²) in [6.45, 7) is 4.79. The van der Waals surface area contributed by atoms with Crippen molar-refractivity contribution in [3.63, 3.8) is 0 Å². The van der Waals surface area contributed by atoms with Gasteiger partial charge in [-0.15, -0.1) is 0 Å². The second-order valence-corrected chi connectivity index (χ2v) is 9.98. The van der Waals surface area contributed by atoms with E-state index >= 15 is 0 Å². The van der Waals surface area contributed by atoms with E-state index in [2.05, 4.69) is 35.0 Å². The van der Waals surface area contributed by atoms with Gasteiger partial charge in [-0.2, -0.15) is 5.26 Å². The summed E-state index contributed by atoms with van der Waals surface area (Å²) >= 11 is 4.98. The molecule has 188 valence electrons. The summed E-state index contributed by atoms with van der Waals surface area (Å²) in [7, 11) is 1.57. The summed E-state index contributed by atoms with van der Waals surface area (Å²) in [5.74, 6) is 0.973. The van der Waals surface area contributed by atoms with Crippen LogP contribution in [-0.4, -0.2) is 29.6 Å². The van der Waals surface area contributed by atoms with Crippen LogP contribution in [0.15, 0.2) is 75.0 Å². The average molecular weight is 577 g/mol. The third kappa shape index (κ3) is 5.90. The first-order chi connectivity index (χ1) is 18.0. The maximum Gasteiger partial charge on any atom is 0.266 e. The van der Waals surface area contributed by atoms with Crippen molar-refractivity contribution in [2.45, 2.75) is 26.9 Å². The van der Waals surface area contributed by atoms with Crippen molar-refractivity contribution in [2.24, 2.45) is 4.99 Å². The molecule has 1 aliphatic rings. The topological polar surface area (TPSA) is 74.9 Å². The molecule has 3 aromatic carbocycles. The van der Waals surface area contributed by atoms with Gasteiger partial charge in [-0.3, -0.25) is 9.69 Å². The summed E-state index contributed by atoms with van der Waals surface area (Å²) in [6.07, 6.45) is 2.70. The number of hydrogen-bond donors (Lipinski definition) is 0. The van der Waals surface area contributed by atoms with Gasteiger partial charge in [-0.05, 0) is 66.6 Å². The molecule has 8 heteroatoms. The fourth-order valence-corrected chi connectivity index (χ4v) is 5.36. The van der Waals surface area contributed by atoms with Gasteiger partial charge in [0.1, 0.15) is 6.61 Å². The molecule has 0 N–H and O–H groups in total. The molecule has 0 spiro atoms. The van der Waals surface area contributed by atoms with Crippen molar-refractivity contribution < 1.29 is 14.3 Å². The molecule has 6 nitrogen and oxygen atoms in total. The van der Waals surface area contributed by atoms with Crippen LogP contribution < -0.4 is 9.47 Å². The number of nitrogens with zero attached hydrogens (tertiary/aromatic N) is 3. The summed E-state index contributed by atoms with van der Waals surface area (Å²) < 4.78 is 12.3. The van der Waals surface area contributed by atoms with Gasteiger partial charge in [-0.25, -0.2) is 4.99 Å². The van der Waals surface area contributed by atoms with Gasteiger partial charge < -0.3 is 9.47 Å². The number of carbonyl (C=O) groups excluding carboxylic acids is 1. The van der Waals surface area contributed by atoms with E-state index in [4.69, 9.17) is 14.5 Å². The third-order valence-electron chi connectivity index (χ3n) is 5.88. The van der Waals surface area contributed by atoms with Crippen LogP contribution in [0.5, 0.6) is 11.5 Å². The van der Waals surface area contributed by atoms with Gasteiger partial charge in [0.05, 0.1) is 29.3 Å². The Labute approximate surface area is 229 Å². The van der Waals surface area contributed by atoms with Crippen molar-refractivity contribution in [1.82, 2.24) is 4.90 Å². The van der Waals surface area contributed by atoms with Crippen molar-refractivity contribution >= 4 is 50.5 Å². The average Bonchev–Trinajstić information content (AvgIpc) is 3.22. The van der Waals surface area contributed by atoms with Gasteiger partial charge in [0.2, 0.25) is 0 Å². The van der Waals surface area contributed by atoms with E-state index in [1.54, 1.807) is 18.1 Å². The maximum atomic E-state index is 13.2. The highest BCUT2D eigenvalue weighted by molar-refractivity contribution is 9.10. The first-order valence-electron chi connectivity index (χ1n) is 11.8. The lowest BCUT2D eigenvalue weighted by molar-refractivity contribution is -0.122. The first-order valence-corrected chi connectivity index (χ1v) is 13.5. The molecule has 1 saturated heterocycles. The summed E-state index contributed by atoms with van der Waals surface area (Å²) in [5, 5.41) is 10.00. The second-order valence-electron chi connectivity index (χ2n) is 8.12. The lowest BCUT2D eigenvalue weighted by Gasteiger charge is -2.14. The van der Waals surface area contributed by atoms with Gasteiger partial charge in [0, 0.05) is 16.6 Å². The summed E-state index contributed by atoms with van der Waals surface area (Å²) in [4.78, 5) is 20.3. The highest BCUT2D eigenvalue weighted by Crippen LogP contribution is 2.39. The molecule has 0 atom stereocenters. The van der Waals surface area contributed by atoms with E-state index in [9.17, 15) is 10.1 Å². The highest BCUT2D eigenvalue weighted by Gasteiger charge is 2.32. The van der Waals surface area contributed by atoms with Crippen molar-refractivity contribution in [3.05, 3.63) is 92.3 Å². The maximum absolute atomic E-state index is 13.2. The predicted molar refractivity (Wildman–Crippen MR) is 152 cm³/mol. The number of amides is 1. The predicted octanol–water partition coefficient (Wildman–Crippen LogP) is 7.09. The Balaban J connectivity index is 1.62. The SMILES string of the molecule is CCc1ccccc1N=C1S/C(=C/c2cc(OC)c(OCc3ccccc3C#N)cc2Br)C(=O)N1CC. The fourth-order valence-electron chi connectivity index (χ4n) is 3.88. The normalized spacial score (nSPS) is 15.3. The molecule has 0 bridgehead atoms. The van der Waals surface area contributed by atoms with Crippen LogP contribution in [0.3, 0.4) is 0 Å². The quantitative estimate of drug-likeness (QED) is 0.268. The molecule has 37 heavy (non-hydrogen) atoms. The number of carbonyl (C=O) groups is 1. The van der Waals surface area contributed by atoms with E-state index in [0.29, 0.717) is 33.7 Å². The Morgan fingerprint density at radius 3 is 2.51 bits per heavy atom. The number of rotatable bonds is 8. The lowest BCUT2D eigenvalue weighted by Crippen LogP contribution is -2.28. The largest absolute Gasteiger partial charge is 0.493 e. The molecule has 1 aliphatic heterocycles. The van der Waals surface area contributed by atoms with Crippen LogP contribution in [0.4, 0.5) is 5.69 Å². The first kappa shape index (κ1) is 26.5. The monoisotopic (exact) mass is 575 g/mol. The van der Waals surface area contributed by atoms with E-state index in [1.807, 2.05) is 61.5 Å². The molecule has 1 heterocycles. The summed E-state index contributed by atoms with van der Waals surface area (Å²) in [5.41, 5.74) is 4.15. The van der Waals surface area contributed by atoms with E-state index < -0.39 is 0 Å². The van der Waals surface area contributed by atoms with Crippen LogP contribution in [0.1, 0.15) is 36.1 Å². The number of methoxy groups -OCH3 is 1.